The van der Waals surface area contributed by atoms with Gasteiger partial charge in [0.05, 0.1) is 24.3 Å². The Bertz CT molecular complexity index is 417. The van der Waals surface area contributed by atoms with Crippen LogP contribution in [0.15, 0.2) is 6.33 Å². The van der Waals surface area contributed by atoms with Gasteiger partial charge in [-0.1, -0.05) is 20.8 Å². The summed E-state index contributed by atoms with van der Waals surface area (Å²) in [7, 11) is 0. The van der Waals surface area contributed by atoms with Gasteiger partial charge in [-0.15, -0.1) is 0 Å². The van der Waals surface area contributed by atoms with Gasteiger partial charge in [0.2, 0.25) is 0 Å². The number of carboxylic acid groups (broad SMARTS) is 1. The number of hydrogen-bond acceptors (Lipinski definition) is 2. The zero-order chi connectivity index (χ0) is 11.9. The summed E-state index contributed by atoms with van der Waals surface area (Å²) in [6, 6.07) is 0. The molecule has 1 aliphatic rings. The fourth-order valence-electron chi connectivity index (χ4n) is 2.04. The van der Waals surface area contributed by atoms with Crippen LogP contribution in [0.5, 0.6) is 0 Å². The molecule has 5 nitrogen and oxygen atoms in total. The highest BCUT2D eigenvalue weighted by atomic mass is 16.4. The third-order valence-electron chi connectivity index (χ3n) is 2.88. The first-order chi connectivity index (χ1) is 7.39. The van der Waals surface area contributed by atoms with Crippen molar-refractivity contribution in [2.45, 2.75) is 39.3 Å². The Labute approximate surface area is 94.7 Å². The minimum absolute atomic E-state index is 0.0396. The van der Waals surface area contributed by atoms with E-state index in [0.29, 0.717) is 19.6 Å². The highest BCUT2D eigenvalue weighted by Gasteiger charge is 2.28. The minimum Gasteiger partial charge on any atom is -0.465 e. The number of nitrogens with zero attached hydrogens (tertiary/aromatic N) is 3. The maximum Gasteiger partial charge on any atom is 0.407 e. The van der Waals surface area contributed by atoms with Crippen molar-refractivity contribution in [1.29, 1.82) is 0 Å². The normalized spacial score (nSPS) is 16.1. The van der Waals surface area contributed by atoms with Crippen molar-refractivity contribution in [3.05, 3.63) is 17.7 Å². The van der Waals surface area contributed by atoms with E-state index < -0.39 is 6.09 Å². The van der Waals surface area contributed by atoms with E-state index >= 15 is 0 Å². The number of amides is 1. The minimum atomic E-state index is -0.854. The third-order valence-corrected chi connectivity index (χ3v) is 2.88. The second-order valence-corrected chi connectivity index (χ2v) is 5.19. The zero-order valence-corrected chi connectivity index (χ0v) is 9.90. The first-order valence-corrected chi connectivity index (χ1v) is 5.42. The number of fused-ring (bicyclic) bond motifs is 1. The predicted molar refractivity (Wildman–Crippen MR) is 59.4 cm³/mol. The van der Waals surface area contributed by atoms with Crippen molar-refractivity contribution in [2.75, 3.05) is 6.54 Å². The molecule has 1 amide bonds. The topological polar surface area (TPSA) is 58.4 Å². The van der Waals surface area contributed by atoms with Gasteiger partial charge < -0.3 is 14.6 Å². The van der Waals surface area contributed by atoms with Gasteiger partial charge in [-0.2, -0.15) is 0 Å². The average molecular weight is 223 g/mol. The molecule has 1 N–H and O–H groups in total. The molecule has 1 aromatic rings. The van der Waals surface area contributed by atoms with Crippen LogP contribution in [0, 0.1) is 0 Å². The van der Waals surface area contributed by atoms with Crippen molar-refractivity contribution >= 4 is 6.09 Å². The Morgan fingerprint density at radius 1 is 1.44 bits per heavy atom. The Hall–Kier alpha value is -1.52. The molecule has 1 aliphatic heterocycles. The lowest BCUT2D eigenvalue weighted by molar-refractivity contribution is 0.132. The summed E-state index contributed by atoms with van der Waals surface area (Å²) >= 11 is 0. The summed E-state index contributed by atoms with van der Waals surface area (Å²) in [6.45, 7) is 7.97. The van der Waals surface area contributed by atoms with Crippen LogP contribution in [0.4, 0.5) is 4.79 Å². The van der Waals surface area contributed by atoms with Crippen molar-refractivity contribution in [2.24, 2.45) is 0 Å². The van der Waals surface area contributed by atoms with E-state index in [1.807, 2.05) is 6.33 Å². The fourth-order valence-corrected chi connectivity index (χ4v) is 2.04. The van der Waals surface area contributed by atoms with Gasteiger partial charge in [0.1, 0.15) is 0 Å². The number of rotatable bonds is 0. The van der Waals surface area contributed by atoms with Crippen LogP contribution >= 0.6 is 0 Å². The molecule has 88 valence electrons. The second kappa shape index (κ2) is 3.50. The Balaban J connectivity index is 2.35. The van der Waals surface area contributed by atoms with Gasteiger partial charge in [0.25, 0.3) is 0 Å². The molecule has 5 heteroatoms. The molecule has 0 fully saturated rings. The maximum absolute atomic E-state index is 10.9. The number of carbonyl (C=O) groups is 1. The first kappa shape index (κ1) is 11.0. The molecule has 0 spiro atoms. The van der Waals surface area contributed by atoms with Crippen LogP contribution in [-0.2, 0) is 18.5 Å². The molecule has 0 aliphatic carbocycles. The highest BCUT2D eigenvalue weighted by Crippen LogP contribution is 2.27. The van der Waals surface area contributed by atoms with E-state index in [1.165, 1.54) is 4.90 Å². The summed E-state index contributed by atoms with van der Waals surface area (Å²) in [4.78, 5) is 16.8. The van der Waals surface area contributed by atoms with Crippen molar-refractivity contribution in [3.63, 3.8) is 0 Å². The lowest BCUT2D eigenvalue weighted by Crippen LogP contribution is -2.38. The van der Waals surface area contributed by atoms with E-state index in [1.54, 1.807) is 0 Å². The molecule has 16 heavy (non-hydrogen) atoms. The molecule has 2 rings (SSSR count). The Morgan fingerprint density at radius 2 is 2.12 bits per heavy atom. The average Bonchev–Trinajstić information content (AvgIpc) is 2.58. The van der Waals surface area contributed by atoms with E-state index in [-0.39, 0.29) is 5.41 Å². The van der Waals surface area contributed by atoms with Crippen molar-refractivity contribution < 1.29 is 9.90 Å². The SMILES string of the molecule is CC(C)(C)c1ncn2c1CN(C(=O)O)CC2. The quantitative estimate of drug-likeness (QED) is 0.728. The Morgan fingerprint density at radius 3 is 2.69 bits per heavy atom. The summed E-state index contributed by atoms with van der Waals surface area (Å²) in [5, 5.41) is 8.99. The van der Waals surface area contributed by atoms with Crippen LogP contribution in [-0.4, -0.2) is 32.2 Å². The third kappa shape index (κ3) is 1.77. The van der Waals surface area contributed by atoms with Gasteiger partial charge in [-0.25, -0.2) is 9.78 Å². The van der Waals surface area contributed by atoms with Crippen LogP contribution < -0.4 is 0 Å². The largest absolute Gasteiger partial charge is 0.465 e. The van der Waals surface area contributed by atoms with Gasteiger partial charge in [-0.3, -0.25) is 0 Å². The summed E-state index contributed by atoms with van der Waals surface area (Å²) < 4.78 is 2.06. The van der Waals surface area contributed by atoms with Crippen LogP contribution in [0.2, 0.25) is 0 Å². The second-order valence-electron chi connectivity index (χ2n) is 5.19. The van der Waals surface area contributed by atoms with Crippen molar-refractivity contribution in [3.8, 4) is 0 Å². The number of imidazole rings is 1. The van der Waals surface area contributed by atoms with E-state index in [4.69, 9.17) is 5.11 Å². The Kier molecular flexibility index (Phi) is 2.40. The molecule has 0 atom stereocenters. The molecule has 0 saturated carbocycles. The van der Waals surface area contributed by atoms with Crippen LogP contribution in [0.3, 0.4) is 0 Å². The maximum atomic E-state index is 10.9. The number of aromatic nitrogens is 2. The molecular weight excluding hydrogens is 206 g/mol. The standard InChI is InChI=1S/C11H17N3O2/c1-11(2,3)9-8-6-13(10(15)16)4-5-14(8)7-12-9/h7H,4-6H2,1-3H3,(H,15,16). The van der Waals surface area contributed by atoms with Gasteiger partial charge in [-0.05, 0) is 0 Å². The fraction of sp³-hybridized carbons (Fsp3) is 0.636. The molecule has 0 bridgehead atoms. The van der Waals surface area contributed by atoms with Crippen molar-refractivity contribution in [1.82, 2.24) is 14.5 Å². The highest BCUT2D eigenvalue weighted by molar-refractivity contribution is 5.65. The summed E-state index contributed by atoms with van der Waals surface area (Å²) in [6.07, 6.45) is 0.960. The molecular formula is C11H17N3O2. The smallest absolute Gasteiger partial charge is 0.407 e. The summed E-state index contributed by atoms with van der Waals surface area (Å²) in [5.41, 5.74) is 1.99. The molecule has 0 unspecified atom stereocenters. The van der Waals surface area contributed by atoms with Gasteiger partial charge >= 0.3 is 6.09 Å². The lowest BCUT2D eigenvalue weighted by atomic mass is 9.90. The van der Waals surface area contributed by atoms with Crippen LogP contribution in [0.25, 0.3) is 0 Å². The van der Waals surface area contributed by atoms with Crippen LogP contribution in [0.1, 0.15) is 32.2 Å². The van der Waals surface area contributed by atoms with Gasteiger partial charge in [0.15, 0.2) is 0 Å². The molecule has 0 saturated heterocycles. The summed E-state index contributed by atoms with van der Waals surface area (Å²) in [5.74, 6) is 0. The van der Waals surface area contributed by atoms with E-state index in [9.17, 15) is 4.79 Å². The number of hydrogen-bond donors (Lipinski definition) is 1. The molecule has 0 aromatic carbocycles. The lowest BCUT2D eigenvalue weighted by Gasteiger charge is -2.28. The van der Waals surface area contributed by atoms with E-state index in [0.717, 1.165) is 11.4 Å². The molecule has 2 heterocycles. The zero-order valence-electron chi connectivity index (χ0n) is 9.90. The first-order valence-electron chi connectivity index (χ1n) is 5.42. The van der Waals surface area contributed by atoms with Gasteiger partial charge in [0, 0.05) is 18.5 Å². The molecule has 1 aromatic heterocycles. The van der Waals surface area contributed by atoms with E-state index in [2.05, 4.69) is 30.3 Å². The molecule has 0 radical (unpaired) electrons. The monoisotopic (exact) mass is 223 g/mol. The predicted octanol–water partition coefficient (Wildman–Crippen LogP) is 1.67.